The Balaban J connectivity index is 3.01. The Labute approximate surface area is 107 Å². The molecular formula is C14H19NO3. The Kier molecular flexibility index (Phi) is 4.89. The first-order valence-corrected chi connectivity index (χ1v) is 6.11. The van der Waals surface area contributed by atoms with Gasteiger partial charge in [0, 0.05) is 18.2 Å². The number of rotatable bonds is 5. The number of benzene rings is 1. The first-order valence-electron chi connectivity index (χ1n) is 6.11. The molecule has 0 unspecified atom stereocenters. The van der Waals surface area contributed by atoms with E-state index in [-0.39, 0.29) is 17.5 Å². The summed E-state index contributed by atoms with van der Waals surface area (Å²) in [5.74, 6) is -1.13. The van der Waals surface area contributed by atoms with Crippen molar-refractivity contribution in [3.05, 3.63) is 35.4 Å². The van der Waals surface area contributed by atoms with E-state index in [0.717, 1.165) is 6.42 Å². The summed E-state index contributed by atoms with van der Waals surface area (Å²) in [4.78, 5) is 24.9. The van der Waals surface area contributed by atoms with Crippen LogP contribution < -0.4 is 0 Å². The molecule has 0 atom stereocenters. The van der Waals surface area contributed by atoms with Gasteiger partial charge in [-0.25, -0.2) is 4.79 Å². The number of carbonyl (C=O) groups is 2. The predicted molar refractivity (Wildman–Crippen MR) is 69.9 cm³/mol. The standard InChI is InChI=1S/C14H19NO3/c1-4-8-15(10(2)3)13(16)11-6-5-7-12(9-11)14(17)18/h5-7,9-10H,4,8H2,1-3H3,(H,17,18). The first kappa shape index (κ1) is 14.2. The topological polar surface area (TPSA) is 57.6 Å². The number of carboxylic acids is 1. The molecular weight excluding hydrogens is 230 g/mol. The van der Waals surface area contributed by atoms with E-state index in [1.807, 2.05) is 20.8 Å². The summed E-state index contributed by atoms with van der Waals surface area (Å²) >= 11 is 0. The number of nitrogens with zero attached hydrogens (tertiary/aromatic N) is 1. The van der Waals surface area contributed by atoms with E-state index < -0.39 is 5.97 Å². The van der Waals surface area contributed by atoms with Crippen LogP contribution in [0.3, 0.4) is 0 Å². The van der Waals surface area contributed by atoms with Gasteiger partial charge in [0.25, 0.3) is 5.91 Å². The normalized spacial score (nSPS) is 10.4. The molecule has 0 saturated heterocycles. The van der Waals surface area contributed by atoms with E-state index in [9.17, 15) is 9.59 Å². The molecule has 0 aliphatic heterocycles. The number of hydrogen-bond acceptors (Lipinski definition) is 2. The van der Waals surface area contributed by atoms with Gasteiger partial charge in [-0.15, -0.1) is 0 Å². The molecule has 1 amide bonds. The number of carbonyl (C=O) groups excluding carboxylic acids is 1. The number of hydrogen-bond donors (Lipinski definition) is 1. The fraction of sp³-hybridized carbons (Fsp3) is 0.429. The zero-order chi connectivity index (χ0) is 13.7. The number of amides is 1. The third-order valence-corrected chi connectivity index (χ3v) is 2.71. The van der Waals surface area contributed by atoms with Crippen molar-refractivity contribution in [2.45, 2.75) is 33.2 Å². The van der Waals surface area contributed by atoms with Gasteiger partial charge in [0.2, 0.25) is 0 Å². The average molecular weight is 249 g/mol. The summed E-state index contributed by atoms with van der Waals surface area (Å²) in [5.41, 5.74) is 0.568. The monoisotopic (exact) mass is 249 g/mol. The molecule has 0 bridgehead atoms. The second-order valence-electron chi connectivity index (χ2n) is 4.48. The fourth-order valence-corrected chi connectivity index (χ4v) is 1.79. The van der Waals surface area contributed by atoms with Crippen molar-refractivity contribution in [3.8, 4) is 0 Å². The molecule has 98 valence electrons. The van der Waals surface area contributed by atoms with Crippen LogP contribution in [0.4, 0.5) is 0 Å². The van der Waals surface area contributed by atoms with E-state index in [0.29, 0.717) is 12.1 Å². The molecule has 18 heavy (non-hydrogen) atoms. The molecule has 1 rings (SSSR count). The fourth-order valence-electron chi connectivity index (χ4n) is 1.79. The molecule has 1 N–H and O–H groups in total. The van der Waals surface area contributed by atoms with Crippen LogP contribution in [-0.2, 0) is 0 Å². The van der Waals surface area contributed by atoms with Crippen LogP contribution in [0.2, 0.25) is 0 Å². The highest BCUT2D eigenvalue weighted by Crippen LogP contribution is 2.11. The van der Waals surface area contributed by atoms with Crippen LogP contribution in [0.25, 0.3) is 0 Å². The van der Waals surface area contributed by atoms with Crippen LogP contribution in [0, 0.1) is 0 Å². The van der Waals surface area contributed by atoms with Crippen LogP contribution >= 0.6 is 0 Å². The SMILES string of the molecule is CCCN(C(=O)c1cccc(C(=O)O)c1)C(C)C. The van der Waals surface area contributed by atoms with E-state index in [1.165, 1.54) is 12.1 Å². The summed E-state index contributed by atoms with van der Waals surface area (Å²) in [6, 6.07) is 6.26. The lowest BCUT2D eigenvalue weighted by molar-refractivity contribution is 0.0697. The summed E-state index contributed by atoms with van der Waals surface area (Å²) in [6.45, 7) is 6.59. The number of aromatic carboxylic acids is 1. The highest BCUT2D eigenvalue weighted by molar-refractivity contribution is 5.97. The molecule has 0 heterocycles. The quantitative estimate of drug-likeness (QED) is 0.872. The lowest BCUT2D eigenvalue weighted by Gasteiger charge is -2.26. The van der Waals surface area contributed by atoms with E-state index in [4.69, 9.17) is 5.11 Å². The minimum Gasteiger partial charge on any atom is -0.478 e. The lowest BCUT2D eigenvalue weighted by Crippen LogP contribution is -2.37. The Bertz CT molecular complexity index is 440. The smallest absolute Gasteiger partial charge is 0.335 e. The van der Waals surface area contributed by atoms with Gasteiger partial charge < -0.3 is 10.0 Å². The van der Waals surface area contributed by atoms with Crippen LogP contribution in [-0.4, -0.2) is 34.5 Å². The van der Waals surface area contributed by atoms with Gasteiger partial charge in [0.15, 0.2) is 0 Å². The molecule has 4 heteroatoms. The van der Waals surface area contributed by atoms with Crippen molar-refractivity contribution in [2.24, 2.45) is 0 Å². The van der Waals surface area contributed by atoms with Crippen LogP contribution in [0.1, 0.15) is 47.9 Å². The van der Waals surface area contributed by atoms with Gasteiger partial charge in [-0.3, -0.25) is 4.79 Å². The second kappa shape index (κ2) is 6.19. The molecule has 0 saturated carbocycles. The molecule has 0 aromatic heterocycles. The molecule has 4 nitrogen and oxygen atoms in total. The van der Waals surface area contributed by atoms with Crippen molar-refractivity contribution in [1.29, 1.82) is 0 Å². The predicted octanol–water partition coefficient (Wildman–Crippen LogP) is 2.65. The van der Waals surface area contributed by atoms with Gasteiger partial charge in [-0.05, 0) is 38.5 Å². The molecule has 1 aromatic carbocycles. The Morgan fingerprint density at radius 2 is 1.89 bits per heavy atom. The van der Waals surface area contributed by atoms with Crippen molar-refractivity contribution in [3.63, 3.8) is 0 Å². The molecule has 0 aliphatic rings. The maximum absolute atomic E-state index is 12.3. The summed E-state index contributed by atoms with van der Waals surface area (Å²) in [6.07, 6.45) is 0.878. The van der Waals surface area contributed by atoms with Gasteiger partial charge in [0.1, 0.15) is 0 Å². The Morgan fingerprint density at radius 3 is 2.39 bits per heavy atom. The van der Waals surface area contributed by atoms with Crippen molar-refractivity contribution >= 4 is 11.9 Å². The van der Waals surface area contributed by atoms with E-state index >= 15 is 0 Å². The molecule has 0 fully saturated rings. The van der Waals surface area contributed by atoms with E-state index in [1.54, 1.807) is 17.0 Å². The highest BCUT2D eigenvalue weighted by Gasteiger charge is 2.18. The Morgan fingerprint density at radius 1 is 1.28 bits per heavy atom. The highest BCUT2D eigenvalue weighted by atomic mass is 16.4. The maximum Gasteiger partial charge on any atom is 0.335 e. The third-order valence-electron chi connectivity index (χ3n) is 2.71. The van der Waals surface area contributed by atoms with Gasteiger partial charge in [-0.1, -0.05) is 13.0 Å². The maximum atomic E-state index is 12.3. The molecule has 1 aromatic rings. The van der Waals surface area contributed by atoms with Crippen molar-refractivity contribution in [2.75, 3.05) is 6.54 Å². The van der Waals surface area contributed by atoms with Gasteiger partial charge in [0.05, 0.1) is 5.56 Å². The van der Waals surface area contributed by atoms with E-state index in [2.05, 4.69) is 0 Å². The number of carboxylic acid groups (broad SMARTS) is 1. The van der Waals surface area contributed by atoms with Gasteiger partial charge in [-0.2, -0.15) is 0 Å². The van der Waals surface area contributed by atoms with Gasteiger partial charge >= 0.3 is 5.97 Å². The lowest BCUT2D eigenvalue weighted by atomic mass is 10.1. The van der Waals surface area contributed by atoms with Crippen molar-refractivity contribution < 1.29 is 14.7 Å². The second-order valence-corrected chi connectivity index (χ2v) is 4.48. The first-order chi connectivity index (χ1) is 8.47. The molecule has 0 radical (unpaired) electrons. The summed E-state index contributed by atoms with van der Waals surface area (Å²) in [7, 11) is 0. The summed E-state index contributed by atoms with van der Waals surface area (Å²) < 4.78 is 0. The van der Waals surface area contributed by atoms with Crippen molar-refractivity contribution in [1.82, 2.24) is 4.90 Å². The summed E-state index contributed by atoms with van der Waals surface area (Å²) in [5, 5.41) is 8.92. The molecule has 0 spiro atoms. The van der Waals surface area contributed by atoms with Crippen LogP contribution in [0.5, 0.6) is 0 Å². The largest absolute Gasteiger partial charge is 0.478 e. The Hall–Kier alpha value is -1.84. The minimum atomic E-state index is -1.02. The molecule has 0 aliphatic carbocycles. The average Bonchev–Trinajstić information content (AvgIpc) is 2.35. The third kappa shape index (κ3) is 3.32. The zero-order valence-electron chi connectivity index (χ0n) is 11.0. The zero-order valence-corrected chi connectivity index (χ0v) is 11.0. The van der Waals surface area contributed by atoms with Crippen LogP contribution in [0.15, 0.2) is 24.3 Å². The minimum absolute atomic E-state index is 0.103.